The minimum Gasteiger partial charge on any atom is -0.455 e. The minimum absolute atomic E-state index is 0.884. The van der Waals surface area contributed by atoms with E-state index in [1.54, 1.807) is 0 Å². The highest BCUT2D eigenvalue weighted by Crippen LogP contribution is 2.47. The fourth-order valence-corrected chi connectivity index (χ4v) is 10.3. The molecule has 0 aliphatic rings. The van der Waals surface area contributed by atoms with E-state index in [4.69, 9.17) is 4.42 Å². The summed E-state index contributed by atoms with van der Waals surface area (Å²) in [6, 6.07) is 81.2. The Hall–Kier alpha value is -7.72. The van der Waals surface area contributed by atoms with Crippen molar-refractivity contribution in [1.29, 1.82) is 0 Å². The van der Waals surface area contributed by atoms with Gasteiger partial charge in [0.2, 0.25) is 0 Å². The molecule has 2 heterocycles. The molecule has 12 rings (SSSR count). The molecule has 10 aromatic carbocycles. The van der Waals surface area contributed by atoms with Gasteiger partial charge in [-0.15, -0.1) is 11.3 Å². The summed E-state index contributed by atoms with van der Waals surface area (Å²) in [6.07, 6.45) is 0. The molecule has 2 aromatic heterocycles. The molecular formula is C58H37NOS. The smallest absolute Gasteiger partial charge is 0.143 e. The normalized spacial score (nSPS) is 11.6. The summed E-state index contributed by atoms with van der Waals surface area (Å²) in [5.41, 5.74) is 14.5. The van der Waals surface area contributed by atoms with E-state index in [1.165, 1.54) is 53.4 Å². The van der Waals surface area contributed by atoms with Crippen molar-refractivity contribution in [3.63, 3.8) is 0 Å². The van der Waals surface area contributed by atoms with Crippen LogP contribution >= 0.6 is 11.3 Å². The van der Waals surface area contributed by atoms with Crippen LogP contribution in [-0.4, -0.2) is 0 Å². The van der Waals surface area contributed by atoms with Crippen LogP contribution in [0.4, 0.5) is 17.1 Å². The van der Waals surface area contributed by atoms with Crippen LogP contribution in [0.2, 0.25) is 0 Å². The summed E-state index contributed by atoms with van der Waals surface area (Å²) < 4.78 is 9.25. The maximum absolute atomic E-state index is 6.69. The number of para-hydroxylation sites is 1. The Morgan fingerprint density at radius 2 is 0.984 bits per heavy atom. The summed E-state index contributed by atoms with van der Waals surface area (Å²) in [6.45, 7) is 0. The Labute approximate surface area is 357 Å². The molecule has 0 N–H and O–H groups in total. The first-order valence-electron chi connectivity index (χ1n) is 20.7. The Bertz CT molecular complexity index is 3580. The second-order valence-corrected chi connectivity index (χ2v) is 16.7. The van der Waals surface area contributed by atoms with Crippen molar-refractivity contribution in [2.75, 3.05) is 4.90 Å². The van der Waals surface area contributed by atoms with E-state index >= 15 is 0 Å². The fourth-order valence-electron chi connectivity index (χ4n) is 9.21. The summed E-state index contributed by atoms with van der Waals surface area (Å²) in [5.74, 6) is 0. The summed E-state index contributed by atoms with van der Waals surface area (Å²) in [4.78, 5) is 2.42. The molecule has 0 aliphatic carbocycles. The summed E-state index contributed by atoms with van der Waals surface area (Å²) >= 11 is 1.85. The van der Waals surface area contributed by atoms with E-state index in [2.05, 4.69) is 229 Å². The highest BCUT2D eigenvalue weighted by Gasteiger charge is 2.22. The zero-order chi connectivity index (χ0) is 40.3. The van der Waals surface area contributed by atoms with Gasteiger partial charge >= 0.3 is 0 Å². The van der Waals surface area contributed by atoms with Gasteiger partial charge in [-0.05, 0) is 98.9 Å². The molecule has 0 bridgehead atoms. The number of nitrogens with zero attached hydrogens (tertiary/aromatic N) is 1. The summed E-state index contributed by atoms with van der Waals surface area (Å²) in [7, 11) is 0. The maximum atomic E-state index is 6.69. The van der Waals surface area contributed by atoms with E-state index in [9.17, 15) is 0 Å². The van der Waals surface area contributed by atoms with Crippen molar-refractivity contribution in [3.05, 3.63) is 224 Å². The van der Waals surface area contributed by atoms with Crippen LogP contribution in [0.25, 0.3) is 97.4 Å². The lowest BCUT2D eigenvalue weighted by molar-refractivity contribution is 0.673. The van der Waals surface area contributed by atoms with E-state index < -0.39 is 0 Å². The second-order valence-electron chi connectivity index (χ2n) is 15.6. The molecule has 3 heteroatoms. The van der Waals surface area contributed by atoms with Crippen molar-refractivity contribution < 1.29 is 4.42 Å². The van der Waals surface area contributed by atoms with Crippen molar-refractivity contribution >= 4 is 81.3 Å². The Morgan fingerprint density at radius 3 is 1.82 bits per heavy atom. The first-order chi connectivity index (χ1) is 30.2. The summed E-state index contributed by atoms with van der Waals surface area (Å²) in [5, 5.41) is 7.12. The molecule has 0 saturated carbocycles. The molecule has 0 aliphatic heterocycles. The van der Waals surface area contributed by atoms with Gasteiger partial charge in [0.15, 0.2) is 0 Å². The molecule has 0 fully saturated rings. The third-order valence-electron chi connectivity index (χ3n) is 12.1. The Balaban J connectivity index is 1.03. The number of furan rings is 1. The molecular weight excluding hydrogens is 759 g/mol. The monoisotopic (exact) mass is 795 g/mol. The lowest BCUT2D eigenvalue weighted by atomic mass is 9.91. The van der Waals surface area contributed by atoms with Gasteiger partial charge in [0.25, 0.3) is 0 Å². The average Bonchev–Trinajstić information content (AvgIpc) is 3.91. The maximum Gasteiger partial charge on any atom is 0.143 e. The largest absolute Gasteiger partial charge is 0.455 e. The molecule has 286 valence electrons. The molecule has 0 unspecified atom stereocenters. The standard InChI is InChI=1S/C58H37NOS/c1-3-14-39(15-4-1)45-33-29-42(36-52(45)40-16-5-2-6-17-40)38-26-30-43(31-27-38)59(44-32-35-49-48-21-10-12-25-55(48)61-56(49)37-44)53-23-11-9-20-47(53)50-22-13-24-54-57(50)51-34-28-41-18-7-8-19-46(41)58(51)60-54/h1-37H. The van der Waals surface area contributed by atoms with Crippen molar-refractivity contribution in [2.45, 2.75) is 0 Å². The van der Waals surface area contributed by atoms with Gasteiger partial charge in [0.1, 0.15) is 11.2 Å². The molecule has 2 nitrogen and oxygen atoms in total. The highest BCUT2D eigenvalue weighted by molar-refractivity contribution is 7.25. The third-order valence-corrected chi connectivity index (χ3v) is 13.2. The number of fused-ring (bicyclic) bond motifs is 8. The quantitative estimate of drug-likeness (QED) is 0.160. The van der Waals surface area contributed by atoms with Crippen LogP contribution in [0.15, 0.2) is 229 Å². The number of rotatable bonds is 7. The van der Waals surface area contributed by atoms with Crippen LogP contribution in [0.5, 0.6) is 0 Å². The molecule has 0 radical (unpaired) electrons. The van der Waals surface area contributed by atoms with Gasteiger partial charge in [-0.1, -0.05) is 170 Å². The van der Waals surface area contributed by atoms with Crippen molar-refractivity contribution in [1.82, 2.24) is 0 Å². The molecule has 0 spiro atoms. The van der Waals surface area contributed by atoms with E-state index in [-0.39, 0.29) is 0 Å². The first-order valence-corrected chi connectivity index (χ1v) is 21.6. The minimum atomic E-state index is 0.884. The van der Waals surface area contributed by atoms with Gasteiger partial charge in [-0.25, -0.2) is 0 Å². The number of hydrogen-bond acceptors (Lipinski definition) is 3. The van der Waals surface area contributed by atoms with Gasteiger partial charge in [-0.2, -0.15) is 0 Å². The lowest BCUT2D eigenvalue weighted by Crippen LogP contribution is -2.11. The van der Waals surface area contributed by atoms with E-state index in [1.807, 2.05) is 11.3 Å². The predicted molar refractivity (Wildman–Crippen MR) is 261 cm³/mol. The zero-order valence-corrected chi connectivity index (χ0v) is 33.9. The predicted octanol–water partition coefficient (Wildman–Crippen LogP) is 17.2. The third kappa shape index (κ3) is 6.01. The molecule has 61 heavy (non-hydrogen) atoms. The number of anilines is 3. The van der Waals surface area contributed by atoms with Crippen LogP contribution in [0, 0.1) is 0 Å². The van der Waals surface area contributed by atoms with Crippen molar-refractivity contribution in [3.8, 4) is 44.5 Å². The zero-order valence-electron chi connectivity index (χ0n) is 33.1. The number of benzene rings is 10. The Kier molecular flexibility index (Phi) is 8.39. The molecule has 0 saturated heterocycles. The topological polar surface area (TPSA) is 16.4 Å². The number of hydrogen-bond donors (Lipinski definition) is 0. The molecule has 0 amide bonds. The van der Waals surface area contributed by atoms with Gasteiger partial charge < -0.3 is 9.32 Å². The SMILES string of the molecule is c1ccc(-c2ccc(-c3ccc(N(c4ccc5c(c4)sc4ccccc45)c4ccccc4-c4cccc5oc6c7ccccc7ccc6c45)cc3)cc2-c2ccccc2)cc1. The second kappa shape index (κ2) is 14.5. The van der Waals surface area contributed by atoms with Gasteiger partial charge in [-0.3, -0.25) is 0 Å². The van der Waals surface area contributed by atoms with Gasteiger partial charge in [0.05, 0.1) is 5.69 Å². The van der Waals surface area contributed by atoms with E-state index in [0.717, 1.165) is 61.1 Å². The highest BCUT2D eigenvalue weighted by atomic mass is 32.1. The van der Waals surface area contributed by atoms with Crippen LogP contribution in [0.1, 0.15) is 0 Å². The van der Waals surface area contributed by atoms with Crippen LogP contribution < -0.4 is 4.90 Å². The molecule has 0 atom stereocenters. The Morgan fingerprint density at radius 1 is 0.344 bits per heavy atom. The van der Waals surface area contributed by atoms with E-state index in [0.29, 0.717) is 0 Å². The van der Waals surface area contributed by atoms with Crippen LogP contribution in [0.3, 0.4) is 0 Å². The molecule has 12 aromatic rings. The van der Waals surface area contributed by atoms with Crippen molar-refractivity contribution in [2.24, 2.45) is 0 Å². The van der Waals surface area contributed by atoms with Crippen LogP contribution in [-0.2, 0) is 0 Å². The lowest BCUT2D eigenvalue weighted by Gasteiger charge is -2.28. The first kappa shape index (κ1) is 35.2. The fraction of sp³-hybridized carbons (Fsp3) is 0. The average molecular weight is 796 g/mol. The number of thiophene rings is 1. The van der Waals surface area contributed by atoms with Gasteiger partial charge in [0, 0.05) is 53.3 Å².